The summed E-state index contributed by atoms with van der Waals surface area (Å²) in [5, 5.41) is 0.659. The van der Waals surface area contributed by atoms with Crippen molar-refractivity contribution in [2.45, 2.75) is 13.2 Å². The van der Waals surface area contributed by atoms with Gasteiger partial charge in [0.2, 0.25) is 0 Å². The highest BCUT2D eigenvalue weighted by atomic mass is 35.5. The molecule has 2 rings (SSSR count). The number of nitrogens with two attached hydrogens (primary N) is 1. The highest BCUT2D eigenvalue weighted by molar-refractivity contribution is 6.31. The van der Waals surface area contributed by atoms with E-state index in [9.17, 15) is 4.39 Å². The van der Waals surface area contributed by atoms with Crippen LogP contribution in [0, 0.1) is 17.7 Å². The molecule has 0 unspecified atom stereocenters. The number of rotatable bonds is 4. The lowest BCUT2D eigenvalue weighted by atomic mass is 10.1. The van der Waals surface area contributed by atoms with Gasteiger partial charge in [-0.1, -0.05) is 41.6 Å². The fourth-order valence-electron chi connectivity index (χ4n) is 1.85. The smallest absolute Gasteiger partial charge is 0.124 e. The number of halogens is 2. The SMILES string of the molecule is NCC#Cc1cc(F)cc(COCc2ccccc2Cl)c1. The third-order valence-electron chi connectivity index (χ3n) is 2.78. The Labute approximate surface area is 128 Å². The lowest BCUT2D eigenvalue weighted by Gasteiger charge is -2.07. The Morgan fingerprint density at radius 1 is 1.14 bits per heavy atom. The summed E-state index contributed by atoms with van der Waals surface area (Å²) < 4.78 is 19.1. The maximum Gasteiger partial charge on any atom is 0.124 e. The van der Waals surface area contributed by atoms with E-state index >= 15 is 0 Å². The highest BCUT2D eigenvalue weighted by Crippen LogP contribution is 2.17. The molecule has 0 saturated heterocycles. The average Bonchev–Trinajstić information content (AvgIpc) is 2.47. The molecule has 0 aliphatic heterocycles. The minimum absolute atomic E-state index is 0.245. The van der Waals surface area contributed by atoms with Crippen molar-refractivity contribution in [3.63, 3.8) is 0 Å². The standard InChI is InChI=1S/C17H15ClFNO/c18-17-6-2-1-5-15(17)12-21-11-14-8-13(4-3-7-20)9-16(19)10-14/h1-2,5-6,8-10H,7,11-12,20H2. The van der Waals surface area contributed by atoms with Crippen LogP contribution in [0.5, 0.6) is 0 Å². The fourth-order valence-corrected chi connectivity index (χ4v) is 2.04. The minimum atomic E-state index is -0.338. The summed E-state index contributed by atoms with van der Waals surface area (Å²) in [6, 6.07) is 12.1. The molecule has 0 amide bonds. The zero-order chi connectivity index (χ0) is 15.1. The summed E-state index contributed by atoms with van der Waals surface area (Å²) in [6.45, 7) is 0.912. The van der Waals surface area contributed by atoms with Crippen LogP contribution in [-0.2, 0) is 18.0 Å². The molecule has 2 nitrogen and oxygen atoms in total. The molecular weight excluding hydrogens is 289 g/mol. The van der Waals surface area contributed by atoms with Crippen LogP contribution in [-0.4, -0.2) is 6.54 Å². The van der Waals surface area contributed by atoms with Crippen LogP contribution in [0.15, 0.2) is 42.5 Å². The van der Waals surface area contributed by atoms with Gasteiger partial charge in [0, 0.05) is 10.6 Å². The topological polar surface area (TPSA) is 35.2 Å². The van der Waals surface area contributed by atoms with E-state index in [0.29, 0.717) is 23.8 Å². The zero-order valence-corrected chi connectivity index (χ0v) is 12.2. The predicted octanol–water partition coefficient (Wildman–Crippen LogP) is 3.51. The maximum absolute atomic E-state index is 13.5. The molecule has 0 aliphatic carbocycles. The molecule has 21 heavy (non-hydrogen) atoms. The molecule has 0 fully saturated rings. The van der Waals surface area contributed by atoms with Crippen molar-refractivity contribution in [1.29, 1.82) is 0 Å². The normalized spacial score (nSPS) is 10.0. The molecule has 2 aromatic rings. The lowest BCUT2D eigenvalue weighted by Crippen LogP contribution is -1.97. The minimum Gasteiger partial charge on any atom is -0.372 e. The molecule has 0 bridgehead atoms. The predicted molar refractivity (Wildman–Crippen MR) is 82.3 cm³/mol. The van der Waals surface area contributed by atoms with Crippen LogP contribution in [0.1, 0.15) is 16.7 Å². The summed E-state index contributed by atoms with van der Waals surface area (Å²) in [7, 11) is 0. The molecule has 0 heterocycles. The number of hydrogen-bond donors (Lipinski definition) is 1. The Morgan fingerprint density at radius 3 is 2.71 bits per heavy atom. The molecule has 0 saturated carbocycles. The first kappa shape index (κ1) is 15.5. The molecule has 0 radical (unpaired) electrons. The van der Waals surface area contributed by atoms with Crippen molar-refractivity contribution in [3.8, 4) is 11.8 Å². The van der Waals surface area contributed by atoms with Gasteiger partial charge >= 0.3 is 0 Å². The summed E-state index contributed by atoms with van der Waals surface area (Å²) in [4.78, 5) is 0. The van der Waals surface area contributed by atoms with Crippen molar-refractivity contribution in [1.82, 2.24) is 0 Å². The molecule has 0 aromatic heterocycles. The van der Waals surface area contributed by atoms with Crippen LogP contribution in [0.4, 0.5) is 4.39 Å². The van der Waals surface area contributed by atoms with Crippen LogP contribution in [0.25, 0.3) is 0 Å². The molecule has 4 heteroatoms. The average molecular weight is 304 g/mol. The third kappa shape index (κ3) is 4.87. The van der Waals surface area contributed by atoms with Gasteiger partial charge in [-0.05, 0) is 35.4 Å². The number of hydrogen-bond acceptors (Lipinski definition) is 2. The molecular formula is C17H15ClFNO. The summed E-state index contributed by atoms with van der Waals surface area (Å²) in [5.41, 5.74) is 7.53. The van der Waals surface area contributed by atoms with Crippen LogP contribution < -0.4 is 5.73 Å². The third-order valence-corrected chi connectivity index (χ3v) is 3.15. The first-order valence-corrected chi connectivity index (χ1v) is 6.86. The molecule has 108 valence electrons. The second kappa shape index (κ2) is 7.80. The first-order valence-electron chi connectivity index (χ1n) is 6.48. The Hall–Kier alpha value is -1.86. The van der Waals surface area contributed by atoms with Gasteiger partial charge in [-0.15, -0.1) is 0 Å². The monoisotopic (exact) mass is 303 g/mol. The Balaban J connectivity index is 2.00. The zero-order valence-electron chi connectivity index (χ0n) is 11.4. The molecule has 0 aliphatic rings. The van der Waals surface area contributed by atoms with Gasteiger partial charge < -0.3 is 10.5 Å². The Morgan fingerprint density at radius 2 is 1.95 bits per heavy atom. The summed E-state index contributed by atoms with van der Waals surface area (Å²) in [6.07, 6.45) is 0. The van der Waals surface area contributed by atoms with E-state index in [-0.39, 0.29) is 12.4 Å². The second-order valence-corrected chi connectivity index (χ2v) is 4.85. The van der Waals surface area contributed by atoms with Gasteiger partial charge in [0.15, 0.2) is 0 Å². The van der Waals surface area contributed by atoms with Crippen LogP contribution >= 0.6 is 11.6 Å². The Bertz CT molecular complexity index is 676. The van der Waals surface area contributed by atoms with Gasteiger partial charge in [0.05, 0.1) is 19.8 Å². The van der Waals surface area contributed by atoms with Crippen molar-refractivity contribution in [2.24, 2.45) is 5.73 Å². The van der Waals surface area contributed by atoms with E-state index in [4.69, 9.17) is 22.1 Å². The van der Waals surface area contributed by atoms with E-state index in [1.54, 1.807) is 6.07 Å². The first-order chi connectivity index (χ1) is 10.2. The van der Waals surface area contributed by atoms with Gasteiger partial charge in [-0.3, -0.25) is 0 Å². The summed E-state index contributed by atoms with van der Waals surface area (Å²) >= 11 is 6.04. The van der Waals surface area contributed by atoms with Crippen molar-refractivity contribution in [3.05, 3.63) is 70.0 Å². The van der Waals surface area contributed by atoms with E-state index in [2.05, 4.69) is 11.8 Å². The number of benzene rings is 2. The van der Waals surface area contributed by atoms with E-state index < -0.39 is 0 Å². The Kier molecular flexibility index (Phi) is 5.77. The van der Waals surface area contributed by atoms with E-state index in [1.807, 2.05) is 24.3 Å². The molecule has 2 N–H and O–H groups in total. The highest BCUT2D eigenvalue weighted by Gasteiger charge is 2.02. The van der Waals surface area contributed by atoms with Gasteiger partial charge in [0.25, 0.3) is 0 Å². The lowest BCUT2D eigenvalue weighted by molar-refractivity contribution is 0.107. The van der Waals surface area contributed by atoms with Gasteiger partial charge in [-0.2, -0.15) is 0 Å². The molecule has 0 atom stereocenters. The van der Waals surface area contributed by atoms with Crippen LogP contribution in [0.3, 0.4) is 0 Å². The molecule has 2 aromatic carbocycles. The van der Waals surface area contributed by atoms with Crippen LogP contribution in [0.2, 0.25) is 5.02 Å². The van der Waals surface area contributed by atoms with E-state index in [0.717, 1.165) is 11.1 Å². The quantitative estimate of drug-likeness (QED) is 0.877. The largest absolute Gasteiger partial charge is 0.372 e. The molecule has 0 spiro atoms. The van der Waals surface area contributed by atoms with Crippen molar-refractivity contribution < 1.29 is 9.13 Å². The van der Waals surface area contributed by atoms with Gasteiger partial charge in [0.1, 0.15) is 5.82 Å². The van der Waals surface area contributed by atoms with Crippen molar-refractivity contribution >= 4 is 11.6 Å². The fraction of sp³-hybridized carbons (Fsp3) is 0.176. The number of ether oxygens (including phenoxy) is 1. The second-order valence-electron chi connectivity index (χ2n) is 4.44. The van der Waals surface area contributed by atoms with Crippen molar-refractivity contribution in [2.75, 3.05) is 6.54 Å². The summed E-state index contributed by atoms with van der Waals surface area (Å²) in [5.74, 6) is 5.17. The maximum atomic E-state index is 13.5. The van der Waals surface area contributed by atoms with Gasteiger partial charge in [-0.25, -0.2) is 4.39 Å². The van der Waals surface area contributed by atoms with E-state index in [1.165, 1.54) is 12.1 Å².